The minimum absolute atomic E-state index is 1.00. The van der Waals surface area contributed by atoms with Gasteiger partial charge in [0, 0.05) is 13.2 Å². The summed E-state index contributed by atoms with van der Waals surface area (Å²) in [5.41, 5.74) is 3.97. The Labute approximate surface area is 159 Å². The predicted molar refractivity (Wildman–Crippen MR) is 114 cm³/mol. The summed E-state index contributed by atoms with van der Waals surface area (Å²) in [5.74, 6) is 0. The molecule has 0 atom stereocenters. The molecule has 1 nitrogen and oxygen atoms in total. The maximum atomic E-state index is 4.94. The zero-order chi connectivity index (χ0) is 18.9. The third kappa shape index (κ3) is 13.0. The molecule has 26 heavy (non-hydrogen) atoms. The molecule has 0 N–H and O–H groups in total. The molecule has 4 rings (SSSR count). The Bertz CT molecular complexity index is 547. The van der Waals surface area contributed by atoms with E-state index in [-0.39, 0.29) is 0 Å². The average molecular weight is 349 g/mol. The van der Waals surface area contributed by atoms with Gasteiger partial charge in [0.25, 0.3) is 0 Å². The van der Waals surface area contributed by atoms with Gasteiger partial charge in [0.15, 0.2) is 0 Å². The molecule has 0 spiro atoms. The van der Waals surface area contributed by atoms with Crippen LogP contribution in [0.3, 0.4) is 0 Å². The molecule has 1 saturated heterocycles. The largest absolute Gasteiger partial charge is 0.381 e. The van der Waals surface area contributed by atoms with E-state index in [1.807, 2.05) is 54.6 Å². The highest BCUT2D eigenvalue weighted by Gasteiger charge is 1.94. The summed E-state index contributed by atoms with van der Waals surface area (Å²) in [6.07, 6.45) is 2.56. The van der Waals surface area contributed by atoms with Gasteiger partial charge >= 0.3 is 0 Å². The third-order valence-electron chi connectivity index (χ3n) is 3.65. The fraction of sp³-hybridized carbons (Fsp3) is 0.280. The second-order valence-electron chi connectivity index (χ2n) is 6.28. The lowest BCUT2D eigenvalue weighted by Gasteiger charge is -1.82. The molecular formula is C25H32O. The van der Waals surface area contributed by atoms with Gasteiger partial charge in [-0.3, -0.25) is 0 Å². The van der Waals surface area contributed by atoms with Gasteiger partial charge in [-0.1, -0.05) is 108 Å². The van der Waals surface area contributed by atoms with Crippen molar-refractivity contribution >= 4 is 0 Å². The van der Waals surface area contributed by atoms with E-state index in [4.69, 9.17) is 4.74 Å². The molecule has 138 valence electrons. The minimum atomic E-state index is 1.00. The first-order valence-corrected chi connectivity index (χ1v) is 9.31. The van der Waals surface area contributed by atoms with E-state index in [9.17, 15) is 0 Å². The van der Waals surface area contributed by atoms with E-state index in [1.54, 1.807) is 0 Å². The predicted octanol–water partition coefficient (Wildman–Crippen LogP) is 6.78. The van der Waals surface area contributed by atoms with Crippen LogP contribution in [0.2, 0.25) is 0 Å². The normalized spacial score (nSPS) is 11.7. The SMILES string of the molecule is C1CCOC1.Cc1ccccc1.Cc1ccccc1.Cc1ccccc1. The highest BCUT2D eigenvalue weighted by atomic mass is 16.5. The van der Waals surface area contributed by atoms with Gasteiger partial charge in [0.1, 0.15) is 0 Å². The Balaban J connectivity index is 0.000000175. The van der Waals surface area contributed by atoms with Crippen molar-refractivity contribution in [2.45, 2.75) is 33.6 Å². The van der Waals surface area contributed by atoms with Gasteiger partial charge in [-0.15, -0.1) is 0 Å². The van der Waals surface area contributed by atoms with Crippen LogP contribution in [0, 0.1) is 20.8 Å². The number of aryl methyl sites for hydroxylation is 3. The van der Waals surface area contributed by atoms with Crippen molar-refractivity contribution in [2.75, 3.05) is 13.2 Å². The molecule has 3 aromatic rings. The van der Waals surface area contributed by atoms with Crippen molar-refractivity contribution in [3.05, 3.63) is 108 Å². The molecule has 1 fully saturated rings. The lowest BCUT2D eigenvalue weighted by molar-refractivity contribution is 0.198. The summed E-state index contributed by atoms with van der Waals surface area (Å²) in [7, 11) is 0. The molecular weight excluding hydrogens is 316 g/mol. The van der Waals surface area contributed by atoms with Gasteiger partial charge in [0.05, 0.1) is 0 Å². The summed E-state index contributed by atoms with van der Waals surface area (Å²) >= 11 is 0. The standard InChI is InChI=1S/3C7H8.C4H8O/c3*1-7-5-3-2-4-6-7;1-2-4-5-3-1/h3*2-6H,1H3;1-4H2. The van der Waals surface area contributed by atoms with Crippen LogP contribution < -0.4 is 0 Å². The maximum absolute atomic E-state index is 4.94. The van der Waals surface area contributed by atoms with Crippen LogP contribution in [0.25, 0.3) is 0 Å². The maximum Gasteiger partial charge on any atom is 0.0466 e. The summed E-state index contributed by atoms with van der Waals surface area (Å²) in [6, 6.07) is 30.8. The van der Waals surface area contributed by atoms with Crippen molar-refractivity contribution in [3.63, 3.8) is 0 Å². The Morgan fingerprint density at radius 3 is 0.846 bits per heavy atom. The first-order valence-electron chi connectivity index (χ1n) is 9.31. The van der Waals surface area contributed by atoms with E-state index in [1.165, 1.54) is 29.5 Å². The monoisotopic (exact) mass is 348 g/mol. The van der Waals surface area contributed by atoms with E-state index in [0.717, 1.165) is 13.2 Å². The molecule has 1 heteroatoms. The fourth-order valence-electron chi connectivity index (χ4n) is 2.11. The Kier molecular flexibility index (Phi) is 12.4. The highest BCUT2D eigenvalue weighted by Crippen LogP contribution is 1.98. The number of benzene rings is 3. The van der Waals surface area contributed by atoms with Gasteiger partial charge < -0.3 is 4.74 Å². The van der Waals surface area contributed by atoms with Crippen LogP contribution in [0.1, 0.15) is 29.5 Å². The van der Waals surface area contributed by atoms with Crippen molar-refractivity contribution in [2.24, 2.45) is 0 Å². The number of hydrogen-bond acceptors (Lipinski definition) is 1. The molecule has 1 aliphatic rings. The van der Waals surface area contributed by atoms with E-state index in [0.29, 0.717) is 0 Å². The number of ether oxygens (including phenoxy) is 1. The van der Waals surface area contributed by atoms with Crippen LogP contribution in [-0.2, 0) is 4.74 Å². The fourth-order valence-corrected chi connectivity index (χ4v) is 2.11. The quantitative estimate of drug-likeness (QED) is 0.435. The van der Waals surface area contributed by atoms with Crippen molar-refractivity contribution in [3.8, 4) is 0 Å². The minimum Gasteiger partial charge on any atom is -0.381 e. The molecule has 0 unspecified atom stereocenters. The molecule has 3 aromatic carbocycles. The molecule has 0 saturated carbocycles. The molecule has 0 aliphatic carbocycles. The average Bonchev–Trinajstić information content (AvgIpc) is 3.25. The number of hydrogen-bond donors (Lipinski definition) is 0. The van der Waals surface area contributed by atoms with Gasteiger partial charge in [-0.25, -0.2) is 0 Å². The second-order valence-corrected chi connectivity index (χ2v) is 6.28. The zero-order valence-electron chi connectivity index (χ0n) is 16.4. The van der Waals surface area contributed by atoms with Crippen molar-refractivity contribution < 1.29 is 4.74 Å². The molecule has 0 bridgehead atoms. The van der Waals surface area contributed by atoms with Crippen LogP contribution in [0.4, 0.5) is 0 Å². The summed E-state index contributed by atoms with van der Waals surface area (Å²) in [5, 5.41) is 0. The van der Waals surface area contributed by atoms with Gasteiger partial charge in [-0.05, 0) is 33.6 Å². The Hall–Kier alpha value is -2.38. The second kappa shape index (κ2) is 14.9. The van der Waals surface area contributed by atoms with Crippen LogP contribution in [0.15, 0.2) is 91.0 Å². The Morgan fingerprint density at radius 2 is 0.731 bits per heavy atom. The summed E-state index contributed by atoms with van der Waals surface area (Å²) in [4.78, 5) is 0. The molecule has 1 heterocycles. The zero-order valence-corrected chi connectivity index (χ0v) is 16.4. The third-order valence-corrected chi connectivity index (χ3v) is 3.65. The van der Waals surface area contributed by atoms with Crippen molar-refractivity contribution in [1.82, 2.24) is 0 Å². The van der Waals surface area contributed by atoms with Crippen LogP contribution in [-0.4, -0.2) is 13.2 Å². The smallest absolute Gasteiger partial charge is 0.0466 e. The van der Waals surface area contributed by atoms with Crippen LogP contribution in [0.5, 0.6) is 0 Å². The van der Waals surface area contributed by atoms with Crippen LogP contribution >= 0.6 is 0 Å². The van der Waals surface area contributed by atoms with Crippen molar-refractivity contribution in [1.29, 1.82) is 0 Å². The van der Waals surface area contributed by atoms with E-state index < -0.39 is 0 Å². The molecule has 0 radical (unpaired) electrons. The van der Waals surface area contributed by atoms with E-state index in [2.05, 4.69) is 57.2 Å². The first-order chi connectivity index (χ1) is 12.7. The number of rotatable bonds is 0. The molecule has 0 aromatic heterocycles. The topological polar surface area (TPSA) is 9.23 Å². The highest BCUT2D eigenvalue weighted by molar-refractivity contribution is 5.13. The Morgan fingerprint density at radius 1 is 0.462 bits per heavy atom. The van der Waals surface area contributed by atoms with Gasteiger partial charge in [-0.2, -0.15) is 0 Å². The summed E-state index contributed by atoms with van der Waals surface area (Å²) in [6.45, 7) is 8.25. The first kappa shape index (κ1) is 21.7. The summed E-state index contributed by atoms with van der Waals surface area (Å²) < 4.78 is 4.94. The molecule has 0 amide bonds. The van der Waals surface area contributed by atoms with E-state index >= 15 is 0 Å². The lowest BCUT2D eigenvalue weighted by atomic mass is 10.2. The molecule has 1 aliphatic heterocycles. The lowest BCUT2D eigenvalue weighted by Crippen LogP contribution is -1.74. The van der Waals surface area contributed by atoms with Gasteiger partial charge in [0.2, 0.25) is 0 Å².